The van der Waals surface area contributed by atoms with Gasteiger partial charge in [0.05, 0.1) is 12.2 Å². The molecule has 50 valence electrons. The van der Waals surface area contributed by atoms with E-state index in [1.807, 2.05) is 0 Å². The number of hydrogen-bond donors (Lipinski definition) is 3. The molecule has 0 amide bonds. The molecular formula is C4H9O2S2-. The minimum Gasteiger partial charge on any atom is -0.790 e. The van der Waals surface area contributed by atoms with Crippen LogP contribution in [0.25, 0.3) is 0 Å². The van der Waals surface area contributed by atoms with E-state index < -0.39 is 12.2 Å². The zero-order valence-corrected chi connectivity index (χ0v) is 6.03. The molecule has 0 bridgehead atoms. The van der Waals surface area contributed by atoms with E-state index >= 15 is 0 Å². The van der Waals surface area contributed by atoms with Crippen LogP contribution in [-0.2, 0) is 12.6 Å². The van der Waals surface area contributed by atoms with Gasteiger partial charge in [-0.05, 0) is 0 Å². The van der Waals surface area contributed by atoms with Crippen LogP contribution in [-0.4, -0.2) is 33.9 Å². The number of rotatable bonds is 3. The van der Waals surface area contributed by atoms with Crippen molar-refractivity contribution in [3.8, 4) is 0 Å². The van der Waals surface area contributed by atoms with Gasteiger partial charge in [0, 0.05) is 5.75 Å². The summed E-state index contributed by atoms with van der Waals surface area (Å²) in [6.07, 6.45) is -1.56. The highest BCUT2D eigenvalue weighted by atomic mass is 32.1. The Morgan fingerprint density at radius 3 is 2.00 bits per heavy atom. The first-order valence-electron chi connectivity index (χ1n) is 2.27. The molecule has 0 aliphatic carbocycles. The fourth-order valence-corrected chi connectivity index (χ4v) is 0.698. The van der Waals surface area contributed by atoms with Crippen LogP contribution in [0.5, 0.6) is 0 Å². The van der Waals surface area contributed by atoms with E-state index in [9.17, 15) is 0 Å². The van der Waals surface area contributed by atoms with Crippen molar-refractivity contribution < 1.29 is 10.2 Å². The summed E-state index contributed by atoms with van der Waals surface area (Å²) in [7, 11) is 0. The lowest BCUT2D eigenvalue weighted by atomic mass is 10.3. The largest absolute Gasteiger partial charge is 0.790 e. The first-order chi connectivity index (χ1) is 3.72. The lowest BCUT2D eigenvalue weighted by molar-refractivity contribution is 0.0503. The summed E-state index contributed by atoms with van der Waals surface area (Å²) in [4.78, 5) is 0. The van der Waals surface area contributed by atoms with E-state index in [1.165, 1.54) is 0 Å². The van der Waals surface area contributed by atoms with Gasteiger partial charge in [-0.25, -0.2) is 0 Å². The summed E-state index contributed by atoms with van der Waals surface area (Å²) < 4.78 is 0. The highest BCUT2D eigenvalue weighted by molar-refractivity contribution is 7.80. The second kappa shape index (κ2) is 4.49. The fourth-order valence-electron chi connectivity index (χ4n) is 0.233. The number of thiol groups is 1. The van der Waals surface area contributed by atoms with E-state index in [2.05, 4.69) is 25.3 Å². The van der Waals surface area contributed by atoms with Gasteiger partial charge >= 0.3 is 0 Å². The van der Waals surface area contributed by atoms with Crippen LogP contribution in [0.15, 0.2) is 0 Å². The molecule has 0 spiro atoms. The van der Waals surface area contributed by atoms with Gasteiger partial charge in [-0.3, -0.25) is 0 Å². The van der Waals surface area contributed by atoms with E-state index in [1.54, 1.807) is 0 Å². The van der Waals surface area contributed by atoms with Crippen molar-refractivity contribution in [2.24, 2.45) is 0 Å². The standard InChI is InChI=1S/C4H10O2S2/c5-3(1-7)4(6)2-8/h3-8H,1-2H2/p-1/t3-,4-/m1/s1. The predicted octanol–water partition coefficient (Wildman–Crippen LogP) is -0.815. The van der Waals surface area contributed by atoms with Gasteiger partial charge in [-0.1, -0.05) is 0 Å². The Balaban J connectivity index is 3.29. The number of aliphatic hydroxyl groups excluding tert-OH is 2. The van der Waals surface area contributed by atoms with Crippen molar-refractivity contribution in [3.63, 3.8) is 0 Å². The Bertz CT molecular complexity index is 52.0. The number of aliphatic hydroxyl groups is 2. The van der Waals surface area contributed by atoms with E-state index in [0.717, 1.165) is 0 Å². The second-order valence-corrected chi connectivity index (χ2v) is 2.18. The van der Waals surface area contributed by atoms with Crippen LogP contribution in [0, 0.1) is 0 Å². The predicted molar refractivity (Wildman–Crippen MR) is 38.1 cm³/mol. The molecule has 4 heteroatoms. The van der Waals surface area contributed by atoms with Crippen molar-refractivity contribution in [1.29, 1.82) is 0 Å². The van der Waals surface area contributed by atoms with Crippen molar-refractivity contribution in [3.05, 3.63) is 0 Å². The van der Waals surface area contributed by atoms with Crippen LogP contribution >= 0.6 is 12.6 Å². The van der Waals surface area contributed by atoms with Crippen LogP contribution in [0.2, 0.25) is 0 Å². The minimum atomic E-state index is -0.789. The van der Waals surface area contributed by atoms with Crippen LogP contribution in [0.3, 0.4) is 0 Å². The maximum Gasteiger partial charge on any atom is 0.0867 e. The third-order valence-corrected chi connectivity index (χ3v) is 1.52. The minimum absolute atomic E-state index is 0.168. The first-order valence-corrected chi connectivity index (χ1v) is 3.48. The van der Waals surface area contributed by atoms with Crippen molar-refractivity contribution >= 4 is 25.3 Å². The molecule has 8 heavy (non-hydrogen) atoms. The van der Waals surface area contributed by atoms with Gasteiger partial charge in [-0.15, -0.1) is 5.75 Å². The Kier molecular flexibility index (Phi) is 4.84. The SMILES string of the molecule is O[C@H](C[S-])[C@H](O)CS. The topological polar surface area (TPSA) is 40.5 Å². The summed E-state index contributed by atoms with van der Waals surface area (Å²) in [5, 5.41) is 17.5. The van der Waals surface area contributed by atoms with Crippen LogP contribution < -0.4 is 0 Å². The molecule has 2 nitrogen and oxygen atoms in total. The molecule has 2 atom stereocenters. The van der Waals surface area contributed by atoms with E-state index in [0.29, 0.717) is 0 Å². The smallest absolute Gasteiger partial charge is 0.0867 e. The quantitative estimate of drug-likeness (QED) is 0.367. The lowest BCUT2D eigenvalue weighted by Crippen LogP contribution is -2.29. The molecular weight excluding hydrogens is 144 g/mol. The van der Waals surface area contributed by atoms with Gasteiger partial charge in [0.2, 0.25) is 0 Å². The average molecular weight is 153 g/mol. The molecule has 0 saturated heterocycles. The Morgan fingerprint density at radius 1 is 1.38 bits per heavy atom. The summed E-state index contributed by atoms with van der Waals surface area (Å²) in [5.74, 6) is 0.430. The molecule has 0 radical (unpaired) electrons. The molecule has 0 rings (SSSR count). The molecule has 0 fully saturated rings. The van der Waals surface area contributed by atoms with Gasteiger partial charge < -0.3 is 22.8 Å². The zero-order chi connectivity index (χ0) is 6.57. The molecule has 0 unspecified atom stereocenters. The van der Waals surface area contributed by atoms with Crippen LogP contribution in [0.1, 0.15) is 0 Å². The van der Waals surface area contributed by atoms with E-state index in [4.69, 9.17) is 10.2 Å². The molecule has 0 aliphatic heterocycles. The molecule has 0 heterocycles. The monoisotopic (exact) mass is 153 g/mol. The third kappa shape index (κ3) is 2.81. The molecule has 0 aliphatic rings. The molecule has 0 aromatic carbocycles. The van der Waals surface area contributed by atoms with Crippen LogP contribution in [0.4, 0.5) is 0 Å². The highest BCUT2D eigenvalue weighted by Gasteiger charge is 2.07. The first kappa shape index (κ1) is 8.62. The van der Waals surface area contributed by atoms with Gasteiger partial charge in [0.15, 0.2) is 0 Å². The fraction of sp³-hybridized carbons (Fsp3) is 1.00. The molecule has 0 aromatic heterocycles. The molecule has 0 aromatic rings. The highest BCUT2D eigenvalue weighted by Crippen LogP contribution is 1.93. The second-order valence-electron chi connectivity index (χ2n) is 1.48. The summed E-state index contributed by atoms with van der Waals surface area (Å²) in [6, 6.07) is 0. The lowest BCUT2D eigenvalue weighted by Gasteiger charge is -2.17. The molecule has 0 saturated carbocycles. The van der Waals surface area contributed by atoms with Crippen molar-refractivity contribution in [1.82, 2.24) is 0 Å². The normalized spacial score (nSPS) is 18.0. The maximum atomic E-state index is 8.73. The third-order valence-electron chi connectivity index (χ3n) is 0.802. The van der Waals surface area contributed by atoms with Gasteiger partial charge in [0.1, 0.15) is 0 Å². The Labute approximate surface area is 59.7 Å². The summed E-state index contributed by atoms with van der Waals surface area (Å²) in [6.45, 7) is 0. The van der Waals surface area contributed by atoms with Gasteiger partial charge in [0.25, 0.3) is 0 Å². The van der Waals surface area contributed by atoms with Crippen molar-refractivity contribution in [2.75, 3.05) is 11.5 Å². The van der Waals surface area contributed by atoms with Crippen molar-refractivity contribution in [2.45, 2.75) is 12.2 Å². The number of hydrogen-bond acceptors (Lipinski definition) is 4. The van der Waals surface area contributed by atoms with Gasteiger partial charge in [-0.2, -0.15) is 12.6 Å². The molecule has 2 N–H and O–H groups in total. The Morgan fingerprint density at radius 2 is 1.88 bits per heavy atom. The summed E-state index contributed by atoms with van der Waals surface area (Å²) >= 11 is 8.23. The average Bonchev–Trinajstić information content (AvgIpc) is 1.84. The Hall–Kier alpha value is 0.620. The maximum absolute atomic E-state index is 8.73. The zero-order valence-electron chi connectivity index (χ0n) is 4.32. The van der Waals surface area contributed by atoms with E-state index in [-0.39, 0.29) is 11.5 Å². The summed E-state index contributed by atoms with van der Waals surface area (Å²) in [5.41, 5.74) is 0.